The molecule has 0 radical (unpaired) electrons. The number of alkyl halides is 3. The predicted octanol–water partition coefficient (Wildman–Crippen LogP) is 6.37. The second-order valence-corrected chi connectivity index (χ2v) is 11.3. The lowest BCUT2D eigenvalue weighted by atomic mass is 9.99. The number of hydrogen-bond donors (Lipinski definition) is 1. The predicted molar refractivity (Wildman–Crippen MR) is 151 cm³/mol. The normalized spacial score (nSPS) is 21.2. The highest BCUT2D eigenvalue weighted by molar-refractivity contribution is 6.33. The molecule has 13 heteroatoms. The van der Waals surface area contributed by atoms with Gasteiger partial charge in [-0.25, -0.2) is 9.78 Å². The number of piperidine rings is 1. The number of anilines is 3. The molecule has 5 heterocycles. The Balaban J connectivity index is 1.27. The molecule has 2 unspecified atom stereocenters. The first kappa shape index (κ1) is 28.5. The van der Waals surface area contributed by atoms with E-state index in [0.717, 1.165) is 31.5 Å². The number of ether oxygens (including phenoxy) is 3. The second-order valence-electron chi connectivity index (χ2n) is 10.9. The summed E-state index contributed by atoms with van der Waals surface area (Å²) in [6.07, 6.45) is -3.18. The molecule has 0 saturated carbocycles. The number of carbonyl (C=O) groups excluding carboxylic acids is 1. The van der Waals surface area contributed by atoms with E-state index in [4.69, 9.17) is 25.8 Å². The average molecular weight is 604 g/mol. The third kappa shape index (κ3) is 5.83. The SMILES string of the molecule is CC1(C)OCC(COc2cccc(NC(=O)N3c4nc(-c5cccc(C(F)(F)F)c5)c(Cl)cc4N4CCCC3C4)n2)O1. The van der Waals surface area contributed by atoms with Crippen molar-refractivity contribution >= 4 is 35.0 Å². The molecule has 2 amide bonds. The first-order valence-electron chi connectivity index (χ1n) is 13.6. The number of carbonyl (C=O) groups is 1. The van der Waals surface area contributed by atoms with Crippen molar-refractivity contribution < 1.29 is 32.2 Å². The molecule has 2 aromatic heterocycles. The molecule has 42 heavy (non-hydrogen) atoms. The number of hydrogen-bond acceptors (Lipinski definition) is 7. The van der Waals surface area contributed by atoms with E-state index in [1.165, 1.54) is 12.1 Å². The van der Waals surface area contributed by atoms with Crippen molar-refractivity contribution in [3.63, 3.8) is 0 Å². The summed E-state index contributed by atoms with van der Waals surface area (Å²) in [4.78, 5) is 26.5. The van der Waals surface area contributed by atoms with Gasteiger partial charge >= 0.3 is 12.2 Å². The Kier molecular flexibility index (Phi) is 7.40. The number of nitrogens with zero attached hydrogens (tertiary/aromatic N) is 4. The Bertz CT molecular complexity index is 1500. The summed E-state index contributed by atoms with van der Waals surface area (Å²) in [5.41, 5.74) is 0.203. The molecule has 3 aliphatic heterocycles. The molecule has 9 nitrogen and oxygen atoms in total. The van der Waals surface area contributed by atoms with Crippen LogP contribution in [-0.2, 0) is 15.7 Å². The maximum absolute atomic E-state index is 13.8. The fourth-order valence-electron chi connectivity index (χ4n) is 5.50. The average Bonchev–Trinajstić information content (AvgIpc) is 3.30. The van der Waals surface area contributed by atoms with Gasteiger partial charge in [-0.05, 0) is 51.0 Å². The van der Waals surface area contributed by atoms with Gasteiger partial charge in [-0.3, -0.25) is 10.2 Å². The van der Waals surface area contributed by atoms with Crippen molar-refractivity contribution in [3.05, 3.63) is 59.1 Å². The molecule has 0 spiro atoms. The molecule has 3 aromatic rings. The molecule has 3 aliphatic rings. The van der Waals surface area contributed by atoms with Crippen molar-refractivity contribution in [2.45, 2.75) is 50.8 Å². The lowest BCUT2D eigenvalue weighted by Crippen LogP contribution is -2.56. The van der Waals surface area contributed by atoms with Crippen LogP contribution in [0.15, 0.2) is 48.5 Å². The Morgan fingerprint density at radius 3 is 2.76 bits per heavy atom. The van der Waals surface area contributed by atoms with Gasteiger partial charge in [-0.15, -0.1) is 0 Å². The highest BCUT2D eigenvalue weighted by Crippen LogP contribution is 2.43. The lowest BCUT2D eigenvalue weighted by Gasteiger charge is -2.46. The van der Waals surface area contributed by atoms with Gasteiger partial charge in [0, 0.05) is 24.7 Å². The van der Waals surface area contributed by atoms with Crippen LogP contribution in [0.25, 0.3) is 11.3 Å². The fraction of sp³-hybridized carbons (Fsp3) is 0.414. The van der Waals surface area contributed by atoms with Gasteiger partial charge < -0.3 is 19.1 Å². The number of nitrogens with one attached hydrogen (secondary N) is 1. The number of pyridine rings is 2. The summed E-state index contributed by atoms with van der Waals surface area (Å²) >= 11 is 6.58. The van der Waals surface area contributed by atoms with Crippen LogP contribution in [0.4, 0.5) is 35.3 Å². The summed E-state index contributed by atoms with van der Waals surface area (Å²) in [5, 5.41) is 3.04. The number of aromatic nitrogens is 2. The quantitative estimate of drug-likeness (QED) is 0.363. The zero-order valence-corrected chi connectivity index (χ0v) is 23.7. The molecule has 2 saturated heterocycles. The molecule has 0 aliphatic carbocycles. The minimum Gasteiger partial charge on any atom is -0.475 e. The van der Waals surface area contributed by atoms with Crippen LogP contribution in [-0.4, -0.2) is 60.2 Å². The number of fused-ring (bicyclic) bond motifs is 4. The summed E-state index contributed by atoms with van der Waals surface area (Å²) in [6.45, 7) is 5.63. The van der Waals surface area contributed by atoms with Crippen LogP contribution >= 0.6 is 11.6 Å². The van der Waals surface area contributed by atoms with E-state index in [1.54, 1.807) is 29.2 Å². The molecule has 222 valence electrons. The maximum Gasteiger partial charge on any atom is 0.416 e. The Labute approximate surface area is 245 Å². The van der Waals surface area contributed by atoms with Crippen LogP contribution < -0.4 is 19.9 Å². The molecule has 1 aromatic carbocycles. The number of amides is 2. The third-order valence-corrected chi connectivity index (χ3v) is 7.68. The largest absolute Gasteiger partial charge is 0.475 e. The van der Waals surface area contributed by atoms with Crippen LogP contribution in [0.5, 0.6) is 5.88 Å². The number of urea groups is 1. The minimum atomic E-state index is -4.52. The van der Waals surface area contributed by atoms with E-state index in [0.29, 0.717) is 30.5 Å². The van der Waals surface area contributed by atoms with E-state index in [9.17, 15) is 18.0 Å². The first-order chi connectivity index (χ1) is 20.0. The third-order valence-electron chi connectivity index (χ3n) is 7.39. The summed E-state index contributed by atoms with van der Waals surface area (Å²) in [5.74, 6) is 0.235. The topological polar surface area (TPSA) is 89.1 Å². The Hall–Kier alpha value is -3.61. The Morgan fingerprint density at radius 1 is 1.19 bits per heavy atom. The van der Waals surface area contributed by atoms with Crippen molar-refractivity contribution in [3.8, 4) is 17.1 Å². The number of rotatable bonds is 5. The van der Waals surface area contributed by atoms with Gasteiger partial charge in [0.05, 0.1) is 34.6 Å². The maximum atomic E-state index is 13.8. The van der Waals surface area contributed by atoms with Crippen molar-refractivity contribution in [1.82, 2.24) is 9.97 Å². The second kappa shape index (κ2) is 10.9. The molecular weight excluding hydrogens is 575 g/mol. The molecule has 6 rings (SSSR count). The zero-order valence-electron chi connectivity index (χ0n) is 22.9. The van der Waals surface area contributed by atoms with E-state index in [2.05, 4.69) is 20.2 Å². The summed E-state index contributed by atoms with van der Waals surface area (Å²) in [6, 6.07) is 10.9. The van der Waals surface area contributed by atoms with Gasteiger partial charge in [0.1, 0.15) is 18.5 Å². The van der Waals surface area contributed by atoms with E-state index >= 15 is 0 Å². The highest BCUT2D eigenvalue weighted by Gasteiger charge is 2.39. The van der Waals surface area contributed by atoms with E-state index < -0.39 is 23.6 Å². The van der Waals surface area contributed by atoms with Crippen molar-refractivity contribution in [2.24, 2.45) is 0 Å². The van der Waals surface area contributed by atoms with Gasteiger partial charge in [0.2, 0.25) is 5.88 Å². The summed E-state index contributed by atoms with van der Waals surface area (Å²) in [7, 11) is 0. The van der Waals surface area contributed by atoms with Gasteiger partial charge in [-0.2, -0.15) is 18.2 Å². The zero-order chi connectivity index (χ0) is 29.6. The van der Waals surface area contributed by atoms with E-state index in [-0.39, 0.29) is 40.9 Å². The van der Waals surface area contributed by atoms with Crippen LogP contribution in [0, 0.1) is 0 Å². The molecule has 2 fully saturated rings. The first-order valence-corrected chi connectivity index (χ1v) is 14.0. The smallest absolute Gasteiger partial charge is 0.416 e. The van der Waals surface area contributed by atoms with Gasteiger partial charge in [0.25, 0.3) is 0 Å². The van der Waals surface area contributed by atoms with Crippen LogP contribution in [0.2, 0.25) is 5.02 Å². The molecule has 2 atom stereocenters. The monoisotopic (exact) mass is 603 g/mol. The minimum absolute atomic E-state index is 0.162. The molecular formula is C29H29ClF3N5O4. The van der Waals surface area contributed by atoms with Crippen LogP contribution in [0.3, 0.4) is 0 Å². The highest BCUT2D eigenvalue weighted by atomic mass is 35.5. The number of halogens is 4. The lowest BCUT2D eigenvalue weighted by molar-refractivity contribution is -0.141. The number of benzene rings is 1. The van der Waals surface area contributed by atoms with Gasteiger partial charge in [0.15, 0.2) is 11.6 Å². The molecule has 1 N–H and O–H groups in total. The Morgan fingerprint density at radius 2 is 2.00 bits per heavy atom. The van der Waals surface area contributed by atoms with E-state index in [1.807, 2.05) is 13.8 Å². The summed E-state index contributed by atoms with van der Waals surface area (Å²) < 4.78 is 57.4. The van der Waals surface area contributed by atoms with Crippen LogP contribution in [0.1, 0.15) is 32.3 Å². The standard InChI is InChI=1S/C29H29ClF3N5O4/c1-28(2)41-16-20(42-28)15-40-24-10-4-9-23(34-24)35-27(39)38-19-8-5-11-37(14-19)22-13-21(30)25(36-26(22)38)17-6-3-7-18(12-17)29(31,32)33/h3-4,6-7,9-10,12-13,19-20H,5,8,11,14-16H2,1-2H3,(H,34,35,39). The van der Waals surface area contributed by atoms with Gasteiger partial charge in [-0.1, -0.05) is 29.8 Å². The fourth-order valence-corrected chi connectivity index (χ4v) is 5.76. The van der Waals surface area contributed by atoms with Crippen molar-refractivity contribution in [2.75, 3.05) is 41.4 Å². The molecule has 2 bridgehead atoms. The van der Waals surface area contributed by atoms with Crippen molar-refractivity contribution in [1.29, 1.82) is 0 Å².